The second kappa shape index (κ2) is 4.68. The van der Waals surface area contributed by atoms with E-state index in [1.165, 1.54) is 0 Å². The van der Waals surface area contributed by atoms with Crippen LogP contribution in [0.25, 0.3) is 11.0 Å². The highest BCUT2D eigenvalue weighted by Crippen LogP contribution is 2.27. The van der Waals surface area contributed by atoms with Crippen molar-refractivity contribution in [3.05, 3.63) is 40.3 Å². The van der Waals surface area contributed by atoms with Crippen molar-refractivity contribution in [1.29, 1.82) is 0 Å². The van der Waals surface area contributed by atoms with Crippen molar-refractivity contribution in [2.45, 2.75) is 6.92 Å². The number of fused-ring (bicyclic) bond motifs is 1. The summed E-state index contributed by atoms with van der Waals surface area (Å²) in [5, 5.41) is 11.5. The van der Waals surface area contributed by atoms with Gasteiger partial charge in [0.25, 0.3) is 0 Å². The van der Waals surface area contributed by atoms with Crippen LogP contribution in [-0.2, 0) is 0 Å². The van der Waals surface area contributed by atoms with E-state index < -0.39 is 0 Å². The summed E-state index contributed by atoms with van der Waals surface area (Å²) >= 11 is 11.8. The molecule has 0 aliphatic heterocycles. The molecule has 2 heterocycles. The molecule has 2 N–H and O–H groups in total. The monoisotopic (exact) mass is 293 g/mol. The molecule has 0 fully saturated rings. The Balaban J connectivity index is 2.07. The third-order valence-electron chi connectivity index (χ3n) is 2.72. The smallest absolute Gasteiger partial charge is 0.226 e. The Labute approximate surface area is 119 Å². The van der Waals surface area contributed by atoms with Crippen LogP contribution in [0.3, 0.4) is 0 Å². The van der Waals surface area contributed by atoms with Gasteiger partial charge in [-0.25, -0.2) is 0 Å². The van der Waals surface area contributed by atoms with Crippen LogP contribution in [0.1, 0.15) is 5.56 Å². The molecule has 0 aliphatic rings. The Morgan fingerprint density at radius 3 is 2.84 bits per heavy atom. The van der Waals surface area contributed by atoms with Gasteiger partial charge in [0.15, 0.2) is 5.65 Å². The van der Waals surface area contributed by atoms with Crippen molar-refractivity contribution < 1.29 is 0 Å². The number of benzene rings is 1. The largest absolute Gasteiger partial charge is 0.339 e. The molecule has 0 saturated carbocycles. The second-order valence-electron chi connectivity index (χ2n) is 4.06. The second-order valence-corrected chi connectivity index (χ2v) is 4.83. The molecule has 19 heavy (non-hydrogen) atoms. The molecule has 7 heteroatoms. The first-order valence-corrected chi connectivity index (χ1v) is 6.29. The average Bonchev–Trinajstić information content (AvgIpc) is 2.80. The highest BCUT2D eigenvalue weighted by molar-refractivity contribution is 6.30. The van der Waals surface area contributed by atoms with Crippen LogP contribution in [0.2, 0.25) is 10.3 Å². The van der Waals surface area contributed by atoms with Crippen molar-refractivity contribution >= 4 is 45.7 Å². The van der Waals surface area contributed by atoms with E-state index in [-0.39, 0.29) is 5.28 Å². The SMILES string of the molecule is Cc1cc(Cl)ccc1Nc1nc(Cl)nc2[nH]ncc12. The van der Waals surface area contributed by atoms with Gasteiger partial charge in [0.05, 0.1) is 11.6 Å². The molecule has 0 atom stereocenters. The van der Waals surface area contributed by atoms with Crippen molar-refractivity contribution in [3.8, 4) is 0 Å². The van der Waals surface area contributed by atoms with Crippen molar-refractivity contribution in [1.82, 2.24) is 20.2 Å². The maximum Gasteiger partial charge on any atom is 0.226 e. The third-order valence-corrected chi connectivity index (χ3v) is 3.13. The predicted octanol–water partition coefficient (Wildman–Crippen LogP) is 3.71. The lowest BCUT2D eigenvalue weighted by molar-refractivity contribution is 1.09. The molecule has 96 valence electrons. The lowest BCUT2D eigenvalue weighted by atomic mass is 10.2. The highest BCUT2D eigenvalue weighted by atomic mass is 35.5. The number of rotatable bonds is 2. The highest BCUT2D eigenvalue weighted by Gasteiger charge is 2.09. The number of aryl methyl sites for hydroxylation is 1. The third kappa shape index (κ3) is 2.34. The van der Waals surface area contributed by atoms with Crippen LogP contribution in [-0.4, -0.2) is 20.2 Å². The average molecular weight is 294 g/mol. The van der Waals surface area contributed by atoms with E-state index in [1.807, 2.05) is 25.1 Å². The fourth-order valence-electron chi connectivity index (χ4n) is 1.80. The van der Waals surface area contributed by atoms with Crippen LogP contribution in [0.4, 0.5) is 11.5 Å². The van der Waals surface area contributed by atoms with E-state index in [9.17, 15) is 0 Å². The van der Waals surface area contributed by atoms with E-state index in [1.54, 1.807) is 6.20 Å². The van der Waals surface area contributed by atoms with Crippen molar-refractivity contribution in [2.75, 3.05) is 5.32 Å². The molecule has 3 aromatic rings. The number of anilines is 2. The van der Waals surface area contributed by atoms with Gasteiger partial charge in [-0.15, -0.1) is 0 Å². The van der Waals surface area contributed by atoms with Gasteiger partial charge in [-0.1, -0.05) is 11.6 Å². The number of nitrogens with zero attached hydrogens (tertiary/aromatic N) is 3. The number of aromatic nitrogens is 4. The van der Waals surface area contributed by atoms with Gasteiger partial charge in [-0.3, -0.25) is 5.10 Å². The van der Waals surface area contributed by atoms with Crippen molar-refractivity contribution in [3.63, 3.8) is 0 Å². The Morgan fingerprint density at radius 2 is 2.05 bits per heavy atom. The van der Waals surface area contributed by atoms with Crippen LogP contribution in [0.5, 0.6) is 0 Å². The quantitative estimate of drug-likeness (QED) is 0.707. The first-order chi connectivity index (χ1) is 9.13. The number of aromatic amines is 1. The van der Waals surface area contributed by atoms with E-state index in [0.29, 0.717) is 16.5 Å². The molecular weight excluding hydrogens is 285 g/mol. The molecule has 3 rings (SSSR count). The van der Waals surface area contributed by atoms with Gasteiger partial charge in [0, 0.05) is 10.7 Å². The van der Waals surface area contributed by atoms with Gasteiger partial charge in [0.2, 0.25) is 5.28 Å². The fourth-order valence-corrected chi connectivity index (χ4v) is 2.19. The van der Waals surface area contributed by atoms with Gasteiger partial charge >= 0.3 is 0 Å². The molecule has 1 aromatic carbocycles. The zero-order chi connectivity index (χ0) is 13.4. The molecule has 2 aromatic heterocycles. The summed E-state index contributed by atoms with van der Waals surface area (Å²) in [5.41, 5.74) is 2.51. The number of hydrogen-bond donors (Lipinski definition) is 2. The van der Waals surface area contributed by atoms with E-state index >= 15 is 0 Å². The maximum atomic E-state index is 5.93. The number of hydrogen-bond acceptors (Lipinski definition) is 4. The Bertz CT molecular complexity index is 753. The lowest BCUT2D eigenvalue weighted by Crippen LogP contribution is -1.98. The molecular formula is C12H9Cl2N5. The van der Waals surface area contributed by atoms with Crippen LogP contribution >= 0.6 is 23.2 Å². The molecule has 0 unspecified atom stereocenters. The fraction of sp³-hybridized carbons (Fsp3) is 0.0833. The summed E-state index contributed by atoms with van der Waals surface area (Å²) < 4.78 is 0. The summed E-state index contributed by atoms with van der Waals surface area (Å²) in [6.45, 7) is 1.96. The Hall–Kier alpha value is -1.85. The van der Waals surface area contributed by atoms with Crippen LogP contribution < -0.4 is 5.32 Å². The summed E-state index contributed by atoms with van der Waals surface area (Å²) in [6.07, 6.45) is 1.65. The summed E-state index contributed by atoms with van der Waals surface area (Å²) in [5.74, 6) is 0.606. The van der Waals surface area contributed by atoms with Crippen molar-refractivity contribution in [2.24, 2.45) is 0 Å². The number of halogens is 2. The van der Waals surface area contributed by atoms with Crippen LogP contribution in [0.15, 0.2) is 24.4 Å². The molecule has 5 nitrogen and oxygen atoms in total. The molecule has 0 radical (unpaired) electrons. The van der Waals surface area contributed by atoms with Gasteiger partial charge in [-0.2, -0.15) is 15.1 Å². The topological polar surface area (TPSA) is 66.5 Å². The first-order valence-electron chi connectivity index (χ1n) is 5.53. The number of H-pyrrole nitrogens is 1. The number of nitrogens with one attached hydrogen (secondary N) is 2. The molecule has 0 amide bonds. The first kappa shape index (κ1) is 12.2. The summed E-state index contributed by atoms with van der Waals surface area (Å²) in [6, 6.07) is 5.57. The van der Waals surface area contributed by atoms with Gasteiger partial charge in [-0.05, 0) is 42.3 Å². The minimum Gasteiger partial charge on any atom is -0.339 e. The van der Waals surface area contributed by atoms with E-state index in [4.69, 9.17) is 23.2 Å². The molecule has 0 bridgehead atoms. The van der Waals surface area contributed by atoms with Gasteiger partial charge < -0.3 is 5.32 Å². The normalized spacial score (nSPS) is 10.9. The zero-order valence-electron chi connectivity index (χ0n) is 9.91. The summed E-state index contributed by atoms with van der Waals surface area (Å²) in [4.78, 5) is 8.23. The van der Waals surface area contributed by atoms with Gasteiger partial charge in [0.1, 0.15) is 5.82 Å². The minimum atomic E-state index is 0.158. The Morgan fingerprint density at radius 1 is 1.21 bits per heavy atom. The zero-order valence-corrected chi connectivity index (χ0v) is 11.4. The molecule has 0 aliphatic carbocycles. The van der Waals surface area contributed by atoms with E-state index in [0.717, 1.165) is 16.6 Å². The summed E-state index contributed by atoms with van der Waals surface area (Å²) in [7, 11) is 0. The standard InChI is InChI=1S/C12H9Cl2N5/c1-6-4-7(13)2-3-9(6)16-10-8-5-15-19-11(8)18-12(14)17-10/h2-5H,1H3,(H2,15,16,17,18,19). The predicted molar refractivity (Wildman–Crippen MR) is 76.2 cm³/mol. The van der Waals surface area contributed by atoms with Crippen LogP contribution in [0, 0.1) is 6.92 Å². The van der Waals surface area contributed by atoms with E-state index in [2.05, 4.69) is 25.5 Å². The molecule has 0 saturated heterocycles. The molecule has 0 spiro atoms. The lowest BCUT2D eigenvalue weighted by Gasteiger charge is -2.09. The minimum absolute atomic E-state index is 0.158. The maximum absolute atomic E-state index is 5.93. The Kier molecular flexibility index (Phi) is 3.00.